The molecule has 29 heteroatoms. The molecule has 0 unspecified atom stereocenters. The van der Waals surface area contributed by atoms with Crippen molar-refractivity contribution >= 4 is 92.5 Å². The summed E-state index contributed by atoms with van der Waals surface area (Å²) in [7, 11) is 0. The van der Waals surface area contributed by atoms with Crippen molar-refractivity contribution < 1.29 is 14.2 Å². The van der Waals surface area contributed by atoms with Crippen LogP contribution in [0.1, 0.15) is 115 Å². The highest BCUT2D eigenvalue weighted by Gasteiger charge is 2.41. The molecule has 1 spiro atoms. The maximum absolute atomic E-state index is 5.52. The van der Waals surface area contributed by atoms with Crippen molar-refractivity contribution in [2.45, 2.75) is 142 Å². The fraction of sp³-hybridized carbons (Fsp3) is 0.494. The van der Waals surface area contributed by atoms with Gasteiger partial charge in [-0.1, -0.05) is 53.2 Å². The molecule has 10 aliphatic rings. The molecule has 1 saturated carbocycles. The summed E-state index contributed by atoms with van der Waals surface area (Å²) in [5.41, 5.74) is 14.7. The van der Waals surface area contributed by atoms with E-state index in [4.69, 9.17) is 44.1 Å². The second kappa shape index (κ2) is 34.3. The van der Waals surface area contributed by atoms with Gasteiger partial charge >= 0.3 is 0 Å². The number of rotatable bonds is 14. The number of aliphatic imine (C=N–C) groups is 2. The van der Waals surface area contributed by atoms with Gasteiger partial charge in [0.2, 0.25) is 17.8 Å². The van der Waals surface area contributed by atoms with Crippen LogP contribution in [0.25, 0.3) is 39.5 Å². The molecule has 0 radical (unpaired) electrons. The molecule has 6 saturated heterocycles. The summed E-state index contributed by atoms with van der Waals surface area (Å²) < 4.78 is 22.8. The molecule has 9 aromatic heterocycles. The number of fused-ring (bicyclic) bond motifs is 10. The number of hydrogen-bond acceptors (Lipinski definition) is 26. The molecule has 1 aliphatic carbocycles. The van der Waals surface area contributed by atoms with E-state index in [1.165, 1.54) is 87.6 Å². The number of benzodiazepines with no additional fused rings is 1. The third-order valence-electron chi connectivity index (χ3n) is 24.4. The lowest BCUT2D eigenvalue weighted by atomic mass is 9.67. The second-order valence-corrected chi connectivity index (χ2v) is 31.8. The lowest BCUT2D eigenvalue weighted by Crippen LogP contribution is -2.49. The van der Waals surface area contributed by atoms with Crippen LogP contribution in [0.3, 0.4) is 0 Å². The minimum absolute atomic E-state index is 0. The van der Waals surface area contributed by atoms with Crippen LogP contribution in [0, 0.1) is 12.8 Å². The number of anilines is 10. The van der Waals surface area contributed by atoms with E-state index >= 15 is 0 Å². The quantitative estimate of drug-likeness (QED) is 0.0787. The van der Waals surface area contributed by atoms with Crippen LogP contribution in [-0.4, -0.2) is 238 Å². The van der Waals surface area contributed by atoms with Gasteiger partial charge in [-0.05, 0) is 131 Å². The van der Waals surface area contributed by atoms with E-state index < -0.39 is 0 Å². The van der Waals surface area contributed by atoms with Gasteiger partial charge in [0.1, 0.15) is 29.4 Å². The third kappa shape index (κ3) is 16.8. The molecular formula is C85H108N26O3. The number of pyridine rings is 3. The number of aromatic nitrogens is 14. The SMILES string of the molecule is C.C1=Nc2nn3cnc(Nc4ccc(N5CCC(N6CCOCC6)CC5)cn4)nc3c2C2(C1)CCCCC2.C=C1CN=C(C(C)C)c2cc(-c3ccnc(Nc4ccc(N5CCC(N6CCOCC6)CC5)cn4)n3)ccc2N1.Cc1cn2c(n1)-c1cc3cnc(Nc4ccc(N5CCC(N6CCOCC6)CC5)cn4)nc3n1CC2. The number of aryl methyl sites for hydroxylation is 3. The van der Waals surface area contributed by atoms with Crippen LogP contribution in [0.5, 0.6) is 0 Å². The number of imidazole rings is 1. The van der Waals surface area contributed by atoms with Gasteiger partial charge in [-0.15, -0.1) is 5.10 Å². The van der Waals surface area contributed by atoms with Crippen LogP contribution < -0.4 is 36.0 Å². The molecule has 18 heterocycles. The Morgan fingerprint density at radius 2 is 1.10 bits per heavy atom. The molecule has 4 N–H and O–H groups in total. The van der Waals surface area contributed by atoms with Crippen LogP contribution in [0.4, 0.5) is 63.9 Å². The molecule has 10 aromatic rings. The van der Waals surface area contributed by atoms with Crippen molar-refractivity contribution in [3.8, 4) is 22.8 Å². The van der Waals surface area contributed by atoms with Crippen molar-refractivity contribution in [1.82, 2.24) is 83.3 Å². The van der Waals surface area contributed by atoms with Crippen LogP contribution >= 0.6 is 0 Å². The highest BCUT2D eigenvalue weighted by molar-refractivity contribution is 6.08. The monoisotopic (exact) mass is 1540 g/mol. The van der Waals surface area contributed by atoms with E-state index in [2.05, 4.69) is 164 Å². The van der Waals surface area contributed by atoms with Crippen LogP contribution in [0.15, 0.2) is 132 Å². The van der Waals surface area contributed by atoms with Crippen molar-refractivity contribution in [2.75, 3.05) is 161 Å². The van der Waals surface area contributed by atoms with Gasteiger partial charge in [0, 0.05) is 174 Å². The number of ether oxygens (including phenoxy) is 3. The first kappa shape index (κ1) is 76.2. The molecule has 1 aromatic carbocycles. The van der Waals surface area contributed by atoms with Crippen molar-refractivity contribution in [3.63, 3.8) is 0 Å². The minimum atomic E-state index is 0. The largest absolute Gasteiger partial charge is 0.379 e. The second-order valence-electron chi connectivity index (χ2n) is 31.8. The molecule has 596 valence electrons. The average molecular weight is 1540 g/mol. The first-order valence-corrected chi connectivity index (χ1v) is 41.1. The van der Waals surface area contributed by atoms with Gasteiger partial charge in [-0.25, -0.2) is 49.4 Å². The molecule has 114 heavy (non-hydrogen) atoms. The zero-order valence-electron chi connectivity index (χ0n) is 65.4. The Bertz CT molecular complexity index is 5010. The Balaban J connectivity index is 0.000000123. The van der Waals surface area contributed by atoms with Crippen LogP contribution in [-0.2, 0) is 32.7 Å². The predicted octanol–water partition coefficient (Wildman–Crippen LogP) is 12.5. The maximum Gasteiger partial charge on any atom is 0.231 e. The highest BCUT2D eigenvalue weighted by Crippen LogP contribution is 2.49. The summed E-state index contributed by atoms with van der Waals surface area (Å²) in [6.45, 7) is 30.7. The van der Waals surface area contributed by atoms with Crippen molar-refractivity contribution in [2.24, 2.45) is 15.9 Å². The number of hydrogen-bond donors (Lipinski definition) is 4. The van der Waals surface area contributed by atoms with E-state index in [0.717, 1.165) is 234 Å². The van der Waals surface area contributed by atoms with Gasteiger partial charge < -0.3 is 59.3 Å². The Morgan fingerprint density at radius 3 is 1.64 bits per heavy atom. The summed E-state index contributed by atoms with van der Waals surface area (Å²) >= 11 is 0. The molecule has 9 aliphatic heterocycles. The number of nitrogens with one attached hydrogen (secondary N) is 4. The summed E-state index contributed by atoms with van der Waals surface area (Å²) in [6, 6.07) is 24.9. The van der Waals surface area contributed by atoms with E-state index in [1.807, 2.05) is 62.2 Å². The van der Waals surface area contributed by atoms with Crippen molar-refractivity contribution in [1.29, 1.82) is 0 Å². The molecule has 29 nitrogen and oxygen atoms in total. The van der Waals surface area contributed by atoms with Gasteiger partial charge in [0.15, 0.2) is 17.3 Å². The third-order valence-corrected chi connectivity index (χ3v) is 24.4. The van der Waals surface area contributed by atoms with E-state index in [0.29, 0.717) is 48.4 Å². The van der Waals surface area contributed by atoms with E-state index in [9.17, 15) is 0 Å². The van der Waals surface area contributed by atoms with Crippen LogP contribution in [0.2, 0.25) is 0 Å². The number of nitrogens with zero attached hydrogens (tertiary/aromatic N) is 22. The van der Waals surface area contributed by atoms with E-state index in [1.54, 1.807) is 17.0 Å². The van der Waals surface area contributed by atoms with Gasteiger partial charge in [-0.3, -0.25) is 19.7 Å². The molecule has 0 atom stereocenters. The molecular weight excluding hydrogens is 1430 g/mol. The summed E-state index contributed by atoms with van der Waals surface area (Å²) in [4.78, 5) is 71.3. The van der Waals surface area contributed by atoms with Gasteiger partial charge in [0.25, 0.3) is 0 Å². The van der Waals surface area contributed by atoms with E-state index in [-0.39, 0.29) is 12.8 Å². The zero-order chi connectivity index (χ0) is 76.2. The maximum atomic E-state index is 5.52. The first-order chi connectivity index (χ1) is 55.5. The molecule has 0 bridgehead atoms. The Hall–Kier alpha value is -10.4. The Morgan fingerprint density at radius 1 is 0.553 bits per heavy atom. The zero-order valence-corrected chi connectivity index (χ0v) is 65.4. The predicted molar refractivity (Wildman–Crippen MR) is 450 cm³/mol. The summed E-state index contributed by atoms with van der Waals surface area (Å²) in [6.07, 6.45) is 29.7. The smallest absolute Gasteiger partial charge is 0.231 e. The highest BCUT2D eigenvalue weighted by atomic mass is 16.5. The first-order valence-electron chi connectivity index (χ1n) is 41.1. The summed E-state index contributed by atoms with van der Waals surface area (Å²) in [5, 5.41) is 19.0. The molecule has 7 fully saturated rings. The lowest BCUT2D eigenvalue weighted by molar-refractivity contribution is 0.0115. The lowest BCUT2D eigenvalue weighted by Gasteiger charge is -2.40. The standard InChI is InChI=1S/C31H38N8O.C27H35N9O.C26H31N9O.CH4/c1-21(2)30-26-18-23(4-6-28(26)35-22(3)19-34-30)27-8-11-32-31(36-27)37-29-7-5-25(20-33-29)38-12-9-24(10-13-38)39-14-16-40-17-15-39;1-2-8-27(9-3-1)10-11-28-24-23(27)25-32-26(30-19-36(25)33-24)31-22-5-4-21(18-29-22)34-12-6-20(7-13-34)35-14-16-37-17-15-35;1-18-17-34-8-9-35-22(25(34)29-18)14-19-15-28-26(31-24(19)35)30-23-3-2-21(16-27-23)32-6-4-20(5-7-32)33-10-12-36-13-11-33;/h4-8,11,18,20-21,24,35H,3,9-10,12-17,19H2,1-2H3,(H,32,33,36,37);4-5,11,18-20H,1-3,6-10,12-17H2,(H,29,31,32);2-3,14-17,20H,4-13H2,1H3,(H,27,28,30,31);1H4. The van der Waals surface area contributed by atoms with Gasteiger partial charge in [0.05, 0.1) is 104 Å². The fourth-order valence-corrected chi connectivity index (χ4v) is 18.4. The van der Waals surface area contributed by atoms with Crippen molar-refractivity contribution in [3.05, 3.63) is 139 Å². The molecule has 0 amide bonds. The number of piperidine rings is 3. The normalized spacial score (nSPS) is 19.8. The topological polar surface area (TPSA) is 276 Å². The number of benzene rings is 1. The average Bonchev–Trinajstić information content (AvgIpc) is 1.49. The Labute approximate surface area is 667 Å². The number of morpholine rings is 3. The summed E-state index contributed by atoms with van der Waals surface area (Å²) in [5.74, 6) is 5.94. The fourth-order valence-electron chi connectivity index (χ4n) is 18.4. The van der Waals surface area contributed by atoms with Gasteiger partial charge in [-0.2, -0.15) is 9.97 Å². The Kier molecular flexibility index (Phi) is 22.9. The molecule has 20 rings (SSSR count). The minimum Gasteiger partial charge on any atom is -0.379 e.